The molecule has 0 amide bonds. The van der Waals surface area contributed by atoms with E-state index in [2.05, 4.69) is 39.2 Å². The summed E-state index contributed by atoms with van der Waals surface area (Å²) in [5, 5.41) is 13.9. The van der Waals surface area contributed by atoms with Crippen molar-refractivity contribution >= 4 is 31.8 Å². The summed E-state index contributed by atoms with van der Waals surface area (Å²) in [5.74, 6) is 2.60. The van der Waals surface area contributed by atoms with Crippen LogP contribution in [0.25, 0.3) is 11.1 Å². The van der Waals surface area contributed by atoms with E-state index in [-0.39, 0.29) is 24.1 Å². The summed E-state index contributed by atoms with van der Waals surface area (Å²) in [4.78, 5) is 2.81. The zero-order valence-corrected chi connectivity index (χ0v) is 29.5. The van der Waals surface area contributed by atoms with E-state index in [1.54, 1.807) is 28.6 Å². The van der Waals surface area contributed by atoms with Crippen LogP contribution in [0.4, 0.5) is 0 Å². The van der Waals surface area contributed by atoms with Gasteiger partial charge in [0.15, 0.2) is 0 Å². The quantitative estimate of drug-likeness (QED) is 0.242. The van der Waals surface area contributed by atoms with Crippen molar-refractivity contribution in [2.75, 3.05) is 58.1 Å². The first kappa shape index (κ1) is 35.3. The summed E-state index contributed by atoms with van der Waals surface area (Å²) in [7, 11) is -5.92. The Morgan fingerprint density at radius 3 is 2.46 bits per heavy atom. The first-order valence-corrected chi connectivity index (χ1v) is 20.3. The molecule has 11 nitrogen and oxygen atoms in total. The van der Waals surface area contributed by atoms with Crippen LogP contribution >= 0.6 is 11.8 Å². The van der Waals surface area contributed by atoms with E-state index in [0.29, 0.717) is 43.2 Å². The molecule has 260 valence electrons. The molecular formula is C34H44N4O7S3. The van der Waals surface area contributed by atoms with Crippen LogP contribution in [-0.2, 0) is 31.3 Å². The van der Waals surface area contributed by atoms with Gasteiger partial charge in [0.05, 0.1) is 22.0 Å². The number of thioether (sulfide) groups is 1. The highest BCUT2D eigenvalue weighted by molar-refractivity contribution is 7.99. The van der Waals surface area contributed by atoms with Crippen molar-refractivity contribution in [1.82, 2.24) is 19.2 Å². The second-order valence-electron chi connectivity index (χ2n) is 12.7. The van der Waals surface area contributed by atoms with E-state index in [1.807, 2.05) is 23.9 Å². The third-order valence-electron chi connectivity index (χ3n) is 9.30. The molecule has 3 aliphatic rings. The van der Waals surface area contributed by atoms with Gasteiger partial charge in [-0.05, 0) is 67.3 Å². The second kappa shape index (κ2) is 15.2. The number of hydrogen-bond acceptors (Lipinski definition) is 10. The molecule has 1 spiro atoms. The van der Waals surface area contributed by atoms with Gasteiger partial charge in [0.2, 0.25) is 20.0 Å². The maximum absolute atomic E-state index is 13.7. The molecule has 3 aromatic carbocycles. The van der Waals surface area contributed by atoms with Crippen LogP contribution in [0.5, 0.6) is 5.75 Å². The smallest absolute Gasteiger partial charge is 0.243 e. The maximum atomic E-state index is 13.7. The Morgan fingerprint density at radius 1 is 0.979 bits per heavy atom. The predicted molar refractivity (Wildman–Crippen MR) is 187 cm³/mol. The summed E-state index contributed by atoms with van der Waals surface area (Å²) < 4.78 is 67.2. The van der Waals surface area contributed by atoms with Crippen LogP contribution in [0.2, 0.25) is 0 Å². The molecule has 3 saturated heterocycles. The zero-order valence-electron chi connectivity index (χ0n) is 27.1. The third-order valence-corrected chi connectivity index (χ3v) is 13.6. The number of benzene rings is 3. The molecule has 0 aliphatic carbocycles. The van der Waals surface area contributed by atoms with Crippen LogP contribution in [0.1, 0.15) is 24.8 Å². The van der Waals surface area contributed by atoms with Crippen molar-refractivity contribution < 1.29 is 31.4 Å². The van der Waals surface area contributed by atoms with Gasteiger partial charge in [0.1, 0.15) is 18.5 Å². The molecule has 0 bridgehead atoms. The molecule has 2 unspecified atom stereocenters. The fraction of sp³-hybridized carbons (Fsp3) is 0.471. The average Bonchev–Trinajstić information content (AvgIpc) is 3.77. The lowest BCUT2D eigenvalue weighted by molar-refractivity contribution is -0.0312. The largest absolute Gasteiger partial charge is 0.491 e. The number of nitrogens with one attached hydrogen (secondary N) is 2. The van der Waals surface area contributed by atoms with Gasteiger partial charge in [-0.25, -0.2) is 21.6 Å². The van der Waals surface area contributed by atoms with Crippen LogP contribution in [-0.4, -0.2) is 107 Å². The molecule has 48 heavy (non-hydrogen) atoms. The molecule has 0 radical (unpaired) electrons. The fourth-order valence-electron chi connectivity index (χ4n) is 6.48. The zero-order chi connectivity index (χ0) is 33.8. The highest BCUT2D eigenvalue weighted by Gasteiger charge is 2.44. The SMILES string of the molecule is CNS(=O)(=O)c1cccc(OCC(O)CNC2COC3(CCN(S(=O)(=O)c4cccc(-c5ccc(CN6CCSC6)cc5)c4)CC3)C2)c1. The minimum atomic E-state index is -3.67. The van der Waals surface area contributed by atoms with E-state index in [1.165, 1.54) is 30.5 Å². The summed E-state index contributed by atoms with van der Waals surface area (Å²) in [6.45, 7) is 3.54. The molecule has 2 atom stereocenters. The molecule has 0 saturated carbocycles. The Bertz CT molecular complexity index is 1760. The number of aliphatic hydroxyl groups is 1. The number of rotatable bonds is 13. The van der Waals surface area contributed by atoms with Gasteiger partial charge in [-0.1, -0.05) is 42.5 Å². The van der Waals surface area contributed by atoms with E-state index in [4.69, 9.17) is 9.47 Å². The van der Waals surface area contributed by atoms with Gasteiger partial charge in [0.25, 0.3) is 0 Å². The molecule has 3 heterocycles. The minimum Gasteiger partial charge on any atom is -0.491 e. The van der Waals surface area contributed by atoms with E-state index >= 15 is 0 Å². The molecule has 14 heteroatoms. The monoisotopic (exact) mass is 716 g/mol. The van der Waals surface area contributed by atoms with Crippen LogP contribution in [0.3, 0.4) is 0 Å². The van der Waals surface area contributed by atoms with Crippen molar-refractivity contribution in [3.8, 4) is 16.9 Å². The van der Waals surface area contributed by atoms with E-state index in [0.717, 1.165) is 36.5 Å². The van der Waals surface area contributed by atoms with Gasteiger partial charge in [-0.2, -0.15) is 4.31 Å². The van der Waals surface area contributed by atoms with Crippen LogP contribution in [0.15, 0.2) is 82.6 Å². The number of sulfonamides is 2. The summed E-state index contributed by atoms with van der Waals surface area (Å²) in [5.41, 5.74) is 2.73. The number of ether oxygens (including phenoxy) is 2. The van der Waals surface area contributed by atoms with Crippen molar-refractivity contribution in [2.45, 2.75) is 53.3 Å². The second-order valence-corrected chi connectivity index (χ2v) is 17.6. The predicted octanol–water partition coefficient (Wildman–Crippen LogP) is 3.11. The Morgan fingerprint density at radius 2 is 1.73 bits per heavy atom. The highest BCUT2D eigenvalue weighted by atomic mass is 32.2. The molecule has 6 rings (SSSR count). The molecule has 3 aromatic rings. The van der Waals surface area contributed by atoms with Crippen molar-refractivity contribution in [1.29, 1.82) is 0 Å². The van der Waals surface area contributed by atoms with Gasteiger partial charge < -0.3 is 19.9 Å². The van der Waals surface area contributed by atoms with Gasteiger partial charge in [-0.15, -0.1) is 11.8 Å². The maximum Gasteiger partial charge on any atom is 0.243 e. The fourth-order valence-corrected chi connectivity index (χ4v) is 9.73. The van der Waals surface area contributed by atoms with Crippen LogP contribution in [0, 0.1) is 0 Å². The normalized spacial score (nSPS) is 21.1. The van der Waals surface area contributed by atoms with E-state index in [9.17, 15) is 21.9 Å². The van der Waals surface area contributed by atoms with Crippen molar-refractivity contribution in [3.05, 3.63) is 78.4 Å². The minimum absolute atomic E-state index is 0.00779. The number of hydrogen-bond donors (Lipinski definition) is 3. The highest BCUT2D eigenvalue weighted by Crippen LogP contribution is 2.38. The third kappa shape index (κ3) is 8.42. The molecule has 0 aromatic heterocycles. The lowest BCUT2D eigenvalue weighted by atomic mass is 9.88. The van der Waals surface area contributed by atoms with Gasteiger partial charge >= 0.3 is 0 Å². The Hall–Kier alpha value is -2.53. The van der Waals surface area contributed by atoms with Crippen LogP contribution < -0.4 is 14.8 Å². The standard InChI is InChI=1S/C34H44N4O7S3/c1-35-47(40,41)32-6-3-5-31(19-32)44-24-30(39)21-36-29-20-34(45-23-29)12-14-38(15-13-34)48(42,43)33-7-2-4-28(18-33)27-10-8-26(9-11-27)22-37-16-17-46-25-37/h2-11,18-19,29-30,35-36,39H,12-17,20-25H2,1H3. The van der Waals surface area contributed by atoms with Crippen molar-refractivity contribution in [3.63, 3.8) is 0 Å². The number of piperidine rings is 1. The van der Waals surface area contributed by atoms with Crippen molar-refractivity contribution in [2.24, 2.45) is 0 Å². The van der Waals surface area contributed by atoms with Gasteiger partial charge in [-0.3, -0.25) is 4.90 Å². The van der Waals surface area contributed by atoms with Gasteiger partial charge in [0, 0.05) is 56.5 Å². The first-order valence-electron chi connectivity index (χ1n) is 16.3. The molecule has 3 N–H and O–H groups in total. The topological polar surface area (TPSA) is 138 Å². The summed E-state index contributed by atoms with van der Waals surface area (Å²) in [6.07, 6.45) is 1.10. The molecule has 3 fully saturated rings. The molecular weight excluding hydrogens is 673 g/mol. The average molecular weight is 717 g/mol. The Kier molecular flexibility index (Phi) is 11.1. The Balaban J connectivity index is 0.975. The summed E-state index contributed by atoms with van der Waals surface area (Å²) >= 11 is 1.96. The number of nitrogens with zero attached hydrogens (tertiary/aromatic N) is 2. The lowest BCUT2D eigenvalue weighted by Crippen LogP contribution is -2.47. The number of aliphatic hydroxyl groups excluding tert-OH is 1. The first-order chi connectivity index (χ1) is 23.0. The molecule has 3 aliphatic heterocycles. The van der Waals surface area contributed by atoms with E-state index < -0.39 is 31.8 Å². The Labute approximate surface area is 288 Å². The lowest BCUT2D eigenvalue weighted by Gasteiger charge is -2.38. The summed E-state index contributed by atoms with van der Waals surface area (Å²) in [6, 6.07) is 21.7.